The van der Waals surface area contributed by atoms with Crippen LogP contribution < -0.4 is 16.3 Å². The summed E-state index contributed by atoms with van der Waals surface area (Å²) in [5, 5.41) is 0.519. The number of ketones is 1. The van der Waals surface area contributed by atoms with E-state index in [0.717, 1.165) is 6.42 Å². The van der Waals surface area contributed by atoms with Crippen LogP contribution in [0.3, 0.4) is 0 Å². The highest BCUT2D eigenvalue weighted by Gasteiger charge is 2.26. The highest BCUT2D eigenvalue weighted by molar-refractivity contribution is 7.89. The van der Waals surface area contributed by atoms with Crippen LogP contribution in [0.5, 0.6) is 0 Å². The lowest BCUT2D eigenvalue weighted by Crippen LogP contribution is -2.49. The summed E-state index contributed by atoms with van der Waals surface area (Å²) in [6, 6.07) is 1.40. The molecular weight excluding hydrogens is 440 g/mol. The number of carbonyl (C=O) groups is 1. The van der Waals surface area contributed by atoms with E-state index in [0.29, 0.717) is 56.3 Å². The molecule has 1 fully saturated rings. The van der Waals surface area contributed by atoms with Gasteiger partial charge in [0.1, 0.15) is 5.42 Å². The molecule has 8 heteroatoms. The SMILES string of the molecule is C=c1c(CN2CCN(S(=O)(=O)CCC=CC=CCC)CC2)cc(=O)o/c1=C/C(=O)C(C)CC. The Kier molecular flexibility index (Phi) is 10.5. The molecule has 0 aromatic carbocycles. The Hall–Kier alpha value is -2.29. The van der Waals surface area contributed by atoms with E-state index in [1.807, 2.05) is 45.1 Å². The molecule has 0 amide bonds. The van der Waals surface area contributed by atoms with E-state index in [2.05, 4.69) is 11.5 Å². The minimum Gasteiger partial charge on any atom is -0.423 e. The first-order valence-corrected chi connectivity index (χ1v) is 13.2. The lowest BCUT2D eigenvalue weighted by atomic mass is 10.0. The predicted octanol–water partition coefficient (Wildman–Crippen LogP) is 1.81. The van der Waals surface area contributed by atoms with Gasteiger partial charge in [0.25, 0.3) is 0 Å². The number of Topliss-reactive ketones (excluding diaryl/α,β-unsaturated/α-hetero) is 1. The average molecular weight is 477 g/mol. The van der Waals surface area contributed by atoms with Crippen molar-refractivity contribution in [2.45, 2.75) is 46.6 Å². The third-order valence-electron chi connectivity index (χ3n) is 5.84. The normalized spacial score (nSPS) is 17.8. The van der Waals surface area contributed by atoms with Crippen molar-refractivity contribution in [3.8, 4) is 0 Å². The molecule has 7 nitrogen and oxygen atoms in total. The summed E-state index contributed by atoms with van der Waals surface area (Å²) >= 11 is 0. The molecule has 0 radical (unpaired) electrons. The second kappa shape index (κ2) is 12.8. The van der Waals surface area contributed by atoms with Crippen LogP contribution >= 0.6 is 0 Å². The first-order chi connectivity index (χ1) is 15.7. The maximum absolute atomic E-state index is 12.6. The highest BCUT2D eigenvalue weighted by atomic mass is 32.2. The topological polar surface area (TPSA) is 87.9 Å². The number of piperazine rings is 1. The van der Waals surface area contributed by atoms with Gasteiger partial charge in [-0.2, -0.15) is 4.31 Å². The summed E-state index contributed by atoms with van der Waals surface area (Å²) in [7, 11) is -3.31. The van der Waals surface area contributed by atoms with Crippen LogP contribution in [-0.2, 0) is 21.4 Å². The molecule has 1 saturated heterocycles. The lowest BCUT2D eigenvalue weighted by molar-refractivity contribution is -0.116. The van der Waals surface area contributed by atoms with Gasteiger partial charge < -0.3 is 4.42 Å². The standard InChI is InChI=1S/C25H36N2O5S/c1-5-7-8-9-10-11-16-33(30,31)27-14-12-26(13-15-27)19-22-17-25(29)32-24(21(22)4)18-23(28)20(3)6-2/h7-10,17-18,20H,4-6,11-16,19H2,1-3H3/b8-7?,10-9?,24-18+. The van der Waals surface area contributed by atoms with Crippen molar-refractivity contribution in [1.29, 1.82) is 0 Å². The van der Waals surface area contributed by atoms with Gasteiger partial charge in [-0.1, -0.05) is 51.7 Å². The summed E-state index contributed by atoms with van der Waals surface area (Å²) in [6.07, 6.45) is 11.2. The van der Waals surface area contributed by atoms with Crippen molar-refractivity contribution in [3.05, 3.63) is 57.0 Å². The smallest absolute Gasteiger partial charge is 0.336 e. The number of hydrogen-bond acceptors (Lipinski definition) is 6. The second-order valence-corrected chi connectivity index (χ2v) is 10.4. The zero-order valence-corrected chi connectivity index (χ0v) is 20.8. The molecule has 0 saturated carbocycles. The first-order valence-electron chi connectivity index (χ1n) is 11.6. The molecule has 1 aliphatic heterocycles. The Morgan fingerprint density at radius 2 is 1.85 bits per heavy atom. The molecule has 1 atom stereocenters. The third-order valence-corrected chi connectivity index (χ3v) is 7.74. The largest absolute Gasteiger partial charge is 0.423 e. The van der Waals surface area contributed by atoms with Crippen molar-refractivity contribution in [1.82, 2.24) is 9.21 Å². The van der Waals surface area contributed by atoms with Gasteiger partial charge in [-0.05, 0) is 24.8 Å². The van der Waals surface area contributed by atoms with E-state index in [-0.39, 0.29) is 22.9 Å². The van der Waals surface area contributed by atoms with E-state index in [9.17, 15) is 18.0 Å². The molecule has 2 heterocycles. The maximum Gasteiger partial charge on any atom is 0.336 e. The molecule has 33 heavy (non-hydrogen) atoms. The van der Waals surface area contributed by atoms with Crippen LogP contribution in [-0.4, -0.2) is 55.3 Å². The number of allylic oxidation sites excluding steroid dienone is 4. The van der Waals surface area contributed by atoms with Gasteiger partial charge in [-0.3, -0.25) is 9.69 Å². The van der Waals surface area contributed by atoms with Crippen molar-refractivity contribution in [2.75, 3.05) is 31.9 Å². The summed E-state index contributed by atoms with van der Waals surface area (Å²) in [5.74, 6) is -0.162. The first kappa shape index (κ1) is 27.0. The van der Waals surface area contributed by atoms with Crippen LogP contribution in [0.2, 0.25) is 0 Å². The van der Waals surface area contributed by atoms with Gasteiger partial charge >= 0.3 is 5.63 Å². The van der Waals surface area contributed by atoms with E-state index in [1.165, 1.54) is 16.4 Å². The molecule has 0 N–H and O–H groups in total. The van der Waals surface area contributed by atoms with Gasteiger partial charge in [0.05, 0.1) is 5.75 Å². The maximum atomic E-state index is 12.6. The highest BCUT2D eigenvalue weighted by Crippen LogP contribution is 2.11. The monoisotopic (exact) mass is 476 g/mol. The Morgan fingerprint density at radius 3 is 2.48 bits per heavy atom. The Morgan fingerprint density at radius 1 is 1.18 bits per heavy atom. The van der Waals surface area contributed by atoms with Gasteiger partial charge in [0.2, 0.25) is 10.0 Å². The van der Waals surface area contributed by atoms with Gasteiger partial charge in [0, 0.05) is 56.0 Å². The van der Waals surface area contributed by atoms with E-state index >= 15 is 0 Å². The second-order valence-electron chi connectivity index (χ2n) is 8.33. The molecule has 0 aliphatic carbocycles. The number of rotatable bonds is 11. The van der Waals surface area contributed by atoms with E-state index in [1.54, 1.807) is 0 Å². The molecule has 1 aromatic rings. The molecular formula is C25H36N2O5S. The predicted molar refractivity (Wildman–Crippen MR) is 133 cm³/mol. The van der Waals surface area contributed by atoms with Crippen LogP contribution in [0.4, 0.5) is 0 Å². The summed E-state index contributed by atoms with van der Waals surface area (Å²) in [6.45, 7) is 12.2. The minimum absolute atomic E-state index is 0.0929. The average Bonchev–Trinajstić information content (AvgIpc) is 2.79. The Labute approximate surface area is 196 Å². The summed E-state index contributed by atoms with van der Waals surface area (Å²) < 4.78 is 32.0. The number of nitrogens with zero attached hydrogens (tertiary/aromatic N) is 2. The van der Waals surface area contributed by atoms with Crippen LogP contribution in [0.15, 0.2) is 39.6 Å². The number of sulfonamides is 1. The van der Waals surface area contributed by atoms with Crippen molar-refractivity contribution in [3.63, 3.8) is 0 Å². The molecule has 0 spiro atoms. The molecule has 0 bridgehead atoms. The fourth-order valence-electron chi connectivity index (χ4n) is 3.46. The molecule has 1 aromatic heterocycles. The fourth-order valence-corrected chi connectivity index (χ4v) is 4.87. The Bertz CT molecular complexity index is 1130. The summed E-state index contributed by atoms with van der Waals surface area (Å²) in [4.78, 5) is 26.4. The van der Waals surface area contributed by atoms with Gasteiger partial charge in [0.15, 0.2) is 5.78 Å². The molecule has 2 rings (SSSR count). The quantitative estimate of drug-likeness (QED) is 0.453. The molecule has 1 unspecified atom stereocenters. The van der Waals surface area contributed by atoms with Crippen LogP contribution in [0.1, 0.15) is 45.6 Å². The van der Waals surface area contributed by atoms with E-state index in [4.69, 9.17) is 4.42 Å². The van der Waals surface area contributed by atoms with Crippen molar-refractivity contribution >= 4 is 28.5 Å². The third kappa shape index (κ3) is 8.21. The van der Waals surface area contributed by atoms with Crippen LogP contribution in [0, 0.1) is 5.92 Å². The Balaban J connectivity index is 2.01. The van der Waals surface area contributed by atoms with Crippen molar-refractivity contribution in [2.24, 2.45) is 5.92 Å². The van der Waals surface area contributed by atoms with Gasteiger partial charge in [-0.25, -0.2) is 13.2 Å². The molecule has 1 aliphatic rings. The fraction of sp³-hybridized carbons (Fsp3) is 0.520. The number of hydrogen-bond donors (Lipinski definition) is 0. The zero-order chi connectivity index (χ0) is 24.4. The summed E-state index contributed by atoms with van der Waals surface area (Å²) in [5.41, 5.74) is 0.366. The van der Waals surface area contributed by atoms with E-state index < -0.39 is 15.6 Å². The lowest BCUT2D eigenvalue weighted by Gasteiger charge is -2.34. The van der Waals surface area contributed by atoms with Gasteiger partial charge in [-0.15, -0.1) is 0 Å². The zero-order valence-electron chi connectivity index (χ0n) is 20.0. The molecule has 182 valence electrons. The van der Waals surface area contributed by atoms with Crippen molar-refractivity contribution < 1.29 is 17.6 Å². The minimum atomic E-state index is -3.31. The van der Waals surface area contributed by atoms with Crippen LogP contribution in [0.25, 0.3) is 12.7 Å². The number of carbonyl (C=O) groups excluding carboxylic acids is 1.